The zero-order valence-electron chi connectivity index (χ0n) is 20.3. The van der Waals surface area contributed by atoms with E-state index in [1.165, 1.54) is 21.3 Å². The normalized spacial score (nSPS) is 15.7. The summed E-state index contributed by atoms with van der Waals surface area (Å²) in [6.07, 6.45) is 7.74. The monoisotopic (exact) mass is 507 g/mol. The first-order valence-electron chi connectivity index (χ1n) is 11.7. The Balaban J connectivity index is 1.51. The lowest BCUT2D eigenvalue weighted by atomic mass is 9.97. The average Bonchev–Trinajstić information content (AvgIpc) is 3.48. The summed E-state index contributed by atoms with van der Waals surface area (Å²) in [5.41, 5.74) is 3.01. The number of anilines is 1. The second kappa shape index (κ2) is 9.44. The molecule has 4 aromatic rings. The van der Waals surface area contributed by atoms with Gasteiger partial charge in [0.05, 0.1) is 22.6 Å². The largest absolute Gasteiger partial charge is 0.507 e. The second-order valence-electron chi connectivity index (χ2n) is 9.36. The summed E-state index contributed by atoms with van der Waals surface area (Å²) in [4.78, 5) is 21.2. The predicted octanol–water partition coefficient (Wildman–Crippen LogP) is 4.54. The number of hydrogen-bond acceptors (Lipinski definition) is 5. The summed E-state index contributed by atoms with van der Waals surface area (Å²) in [7, 11) is 5.81. The minimum atomic E-state index is -0.489. The van der Waals surface area contributed by atoms with Gasteiger partial charge >= 0.3 is 5.69 Å². The van der Waals surface area contributed by atoms with Crippen molar-refractivity contribution in [2.45, 2.75) is 12.5 Å². The maximum Gasteiger partial charge on any atom is 0.332 e. The quantitative estimate of drug-likeness (QED) is 0.429. The number of nitrogens with zero attached hydrogens (tertiary/aromatic N) is 5. The lowest BCUT2D eigenvalue weighted by Gasteiger charge is -2.22. The molecule has 0 bridgehead atoms. The highest BCUT2D eigenvalue weighted by Crippen LogP contribution is 2.41. The Kier molecular flexibility index (Phi) is 6.32. The molecule has 1 N–H and O–H groups in total. The van der Waals surface area contributed by atoms with Crippen molar-refractivity contribution in [2.24, 2.45) is 7.05 Å². The summed E-state index contributed by atoms with van der Waals surface area (Å²) < 4.78 is 17.7. The number of phenols is 1. The third-order valence-electron chi connectivity index (χ3n) is 6.83. The van der Waals surface area contributed by atoms with E-state index in [4.69, 9.17) is 11.6 Å². The molecule has 5 rings (SSSR count). The first-order valence-corrected chi connectivity index (χ1v) is 12.0. The van der Waals surface area contributed by atoms with Gasteiger partial charge in [-0.25, -0.2) is 9.18 Å². The third kappa shape index (κ3) is 4.38. The molecule has 0 amide bonds. The molecule has 36 heavy (non-hydrogen) atoms. The smallest absolute Gasteiger partial charge is 0.332 e. The maximum absolute atomic E-state index is 14.8. The number of aromatic nitrogens is 3. The van der Waals surface area contributed by atoms with E-state index in [2.05, 4.69) is 28.9 Å². The van der Waals surface area contributed by atoms with Gasteiger partial charge in [0.25, 0.3) is 0 Å². The van der Waals surface area contributed by atoms with Crippen LogP contribution in [0.5, 0.6) is 5.75 Å². The van der Waals surface area contributed by atoms with E-state index >= 15 is 0 Å². The van der Waals surface area contributed by atoms with Crippen LogP contribution < -0.4 is 10.6 Å². The molecule has 0 radical (unpaired) electrons. The molecule has 3 heterocycles. The summed E-state index contributed by atoms with van der Waals surface area (Å²) in [6, 6.07) is 9.99. The highest BCUT2D eigenvalue weighted by Gasteiger charge is 2.25. The summed E-state index contributed by atoms with van der Waals surface area (Å²) in [6.45, 7) is 1.79. The minimum Gasteiger partial charge on any atom is -0.507 e. The number of halogens is 2. The van der Waals surface area contributed by atoms with Crippen LogP contribution in [0.2, 0.25) is 5.02 Å². The second-order valence-corrected chi connectivity index (χ2v) is 9.77. The summed E-state index contributed by atoms with van der Waals surface area (Å²) in [5, 5.41) is 11.5. The van der Waals surface area contributed by atoms with E-state index in [-0.39, 0.29) is 11.4 Å². The Morgan fingerprint density at radius 1 is 1.08 bits per heavy atom. The zero-order chi connectivity index (χ0) is 25.6. The minimum absolute atomic E-state index is 0.0661. The molecule has 2 aromatic heterocycles. The van der Waals surface area contributed by atoms with Gasteiger partial charge in [-0.15, -0.1) is 0 Å². The van der Waals surface area contributed by atoms with Crippen molar-refractivity contribution in [1.29, 1.82) is 0 Å². The summed E-state index contributed by atoms with van der Waals surface area (Å²) in [5.74, 6) is -0.555. The van der Waals surface area contributed by atoms with Crippen LogP contribution in [0.4, 0.5) is 10.1 Å². The number of pyridine rings is 1. The van der Waals surface area contributed by atoms with Crippen LogP contribution in [-0.4, -0.2) is 57.4 Å². The summed E-state index contributed by atoms with van der Waals surface area (Å²) >= 11 is 6.51. The fraction of sp³-hybridized carbons (Fsp3) is 0.259. The Hall–Kier alpha value is -3.62. The van der Waals surface area contributed by atoms with Crippen molar-refractivity contribution in [3.63, 3.8) is 0 Å². The van der Waals surface area contributed by atoms with Gasteiger partial charge in [0, 0.05) is 61.5 Å². The van der Waals surface area contributed by atoms with Crippen molar-refractivity contribution >= 4 is 17.3 Å². The van der Waals surface area contributed by atoms with Gasteiger partial charge in [0.2, 0.25) is 0 Å². The van der Waals surface area contributed by atoms with Gasteiger partial charge in [-0.3, -0.25) is 9.55 Å². The van der Waals surface area contributed by atoms with Crippen LogP contribution >= 0.6 is 11.6 Å². The Morgan fingerprint density at radius 3 is 2.47 bits per heavy atom. The molecule has 2 aromatic carbocycles. The first kappa shape index (κ1) is 24.1. The van der Waals surface area contributed by atoms with Gasteiger partial charge in [-0.2, -0.15) is 0 Å². The maximum atomic E-state index is 14.8. The molecule has 7 nitrogen and oxygen atoms in total. The lowest BCUT2D eigenvalue weighted by molar-refractivity contribution is 0.315. The van der Waals surface area contributed by atoms with Gasteiger partial charge in [0.1, 0.15) is 11.6 Å². The number of benzene rings is 2. The molecule has 1 aliphatic heterocycles. The fourth-order valence-corrected chi connectivity index (χ4v) is 4.97. The van der Waals surface area contributed by atoms with Crippen molar-refractivity contribution in [1.82, 2.24) is 19.0 Å². The molecule has 1 atom stereocenters. The van der Waals surface area contributed by atoms with Gasteiger partial charge in [-0.1, -0.05) is 17.7 Å². The highest BCUT2D eigenvalue weighted by atomic mass is 35.5. The fourth-order valence-electron chi connectivity index (χ4n) is 4.70. The van der Waals surface area contributed by atoms with Crippen LogP contribution in [-0.2, 0) is 7.05 Å². The van der Waals surface area contributed by atoms with E-state index in [1.54, 1.807) is 50.0 Å². The molecule has 0 spiro atoms. The van der Waals surface area contributed by atoms with E-state index in [0.29, 0.717) is 39.0 Å². The lowest BCUT2D eigenvalue weighted by Crippen LogP contribution is -2.31. The molecule has 0 aliphatic carbocycles. The number of phenolic OH excluding ortho intramolecular Hbond substituents is 1. The standard InChI is InChI=1S/C27H27ClFN5O2/c1-31(2)20-6-7-33(16-20)21-10-18(14-30-15-21)23-13-19(29)12-22(26(23)35)17-4-5-25(24(28)11-17)34-9-8-32(3)27(34)36/h4-5,8-15,20,35H,6-7,16H2,1-3H3. The molecule has 1 saturated heterocycles. The van der Waals surface area contributed by atoms with E-state index in [1.807, 2.05) is 6.07 Å². The molecule has 0 saturated carbocycles. The van der Waals surface area contributed by atoms with Crippen molar-refractivity contribution in [3.8, 4) is 33.7 Å². The average molecular weight is 508 g/mol. The number of aryl methyl sites for hydroxylation is 1. The number of hydrogen-bond donors (Lipinski definition) is 1. The zero-order valence-corrected chi connectivity index (χ0v) is 21.1. The van der Waals surface area contributed by atoms with Crippen LogP contribution in [0.1, 0.15) is 6.42 Å². The molecule has 1 fully saturated rings. The van der Waals surface area contributed by atoms with Crippen LogP contribution in [0, 0.1) is 5.82 Å². The first-order chi connectivity index (χ1) is 17.2. The van der Waals surface area contributed by atoms with E-state index in [0.717, 1.165) is 25.2 Å². The van der Waals surface area contributed by atoms with Crippen LogP contribution in [0.15, 0.2) is 66.0 Å². The number of imidazole rings is 1. The SMILES string of the molecule is CN(C)C1CCN(c2cncc(-c3cc(F)cc(-c4ccc(-n5ccn(C)c5=O)c(Cl)c4)c3O)c2)C1. The molecular formula is C27H27ClFN5O2. The Bertz CT molecular complexity index is 1500. The van der Waals surface area contributed by atoms with Crippen molar-refractivity contribution < 1.29 is 9.50 Å². The number of rotatable bonds is 5. The predicted molar refractivity (Wildman–Crippen MR) is 141 cm³/mol. The highest BCUT2D eigenvalue weighted by molar-refractivity contribution is 6.32. The van der Waals surface area contributed by atoms with Crippen molar-refractivity contribution in [2.75, 3.05) is 32.1 Å². The van der Waals surface area contributed by atoms with Gasteiger partial charge in [-0.05, 0) is 56.4 Å². The molecular weight excluding hydrogens is 481 g/mol. The molecule has 1 aliphatic rings. The number of aromatic hydroxyl groups is 1. The Labute approximate surface area is 213 Å². The van der Waals surface area contributed by atoms with Crippen LogP contribution in [0.25, 0.3) is 27.9 Å². The topological polar surface area (TPSA) is 66.5 Å². The van der Waals surface area contributed by atoms with Crippen LogP contribution in [0.3, 0.4) is 0 Å². The van der Waals surface area contributed by atoms with Gasteiger partial charge < -0.3 is 19.5 Å². The molecule has 186 valence electrons. The van der Waals surface area contributed by atoms with E-state index in [9.17, 15) is 14.3 Å². The number of likely N-dealkylation sites (N-methyl/N-ethyl adjacent to an activating group) is 1. The Morgan fingerprint density at radius 2 is 1.83 bits per heavy atom. The van der Waals surface area contributed by atoms with Gasteiger partial charge in [0.15, 0.2) is 0 Å². The van der Waals surface area contributed by atoms with E-state index < -0.39 is 5.82 Å². The molecule has 1 unspecified atom stereocenters. The third-order valence-corrected chi connectivity index (χ3v) is 7.14. The van der Waals surface area contributed by atoms with Crippen molar-refractivity contribution in [3.05, 3.63) is 82.5 Å². The molecule has 9 heteroatoms.